The second-order valence-electron chi connectivity index (χ2n) is 3.41. The van der Waals surface area contributed by atoms with Crippen molar-refractivity contribution < 1.29 is 9.90 Å². The summed E-state index contributed by atoms with van der Waals surface area (Å²) in [5.74, 6) is -0.136. The lowest BCUT2D eigenvalue weighted by Gasteiger charge is -2.03. The van der Waals surface area contributed by atoms with Crippen molar-refractivity contribution in [2.75, 3.05) is 5.32 Å². The van der Waals surface area contributed by atoms with Crippen molar-refractivity contribution in [3.63, 3.8) is 0 Å². The van der Waals surface area contributed by atoms with Gasteiger partial charge in [-0.15, -0.1) is 0 Å². The zero-order valence-corrected chi connectivity index (χ0v) is 8.71. The summed E-state index contributed by atoms with van der Waals surface area (Å²) < 4.78 is 1.55. The van der Waals surface area contributed by atoms with Gasteiger partial charge in [-0.25, -0.2) is 0 Å². The fraction of sp³-hybridized carbons (Fsp3) is 0.0909. The Balaban J connectivity index is 2.13. The summed E-state index contributed by atoms with van der Waals surface area (Å²) in [5, 5.41) is 15.8. The molecule has 0 spiro atoms. The first-order valence-electron chi connectivity index (χ1n) is 4.74. The highest BCUT2D eigenvalue weighted by Crippen LogP contribution is 2.16. The number of aryl methyl sites for hydroxylation is 1. The first kappa shape index (κ1) is 10.2. The average Bonchev–Trinajstić information content (AvgIpc) is 2.65. The molecule has 1 amide bonds. The molecular formula is C11H11N3O2. The van der Waals surface area contributed by atoms with E-state index in [1.807, 2.05) is 0 Å². The highest BCUT2D eigenvalue weighted by atomic mass is 16.3. The number of phenolic OH excluding ortho intramolecular Hbond substituents is 1. The van der Waals surface area contributed by atoms with Gasteiger partial charge in [-0.05, 0) is 12.1 Å². The number of aromatic hydroxyl groups is 1. The zero-order valence-electron chi connectivity index (χ0n) is 8.71. The average molecular weight is 217 g/mol. The van der Waals surface area contributed by atoms with Gasteiger partial charge in [0, 0.05) is 25.0 Å². The number of hydrogen-bond acceptors (Lipinski definition) is 3. The summed E-state index contributed by atoms with van der Waals surface area (Å²) >= 11 is 0. The van der Waals surface area contributed by atoms with Crippen LogP contribution in [-0.2, 0) is 7.05 Å². The number of carbonyl (C=O) groups is 1. The molecule has 5 heteroatoms. The van der Waals surface area contributed by atoms with Gasteiger partial charge in [0.1, 0.15) is 5.75 Å². The molecule has 0 aliphatic heterocycles. The van der Waals surface area contributed by atoms with Crippen LogP contribution in [0, 0.1) is 0 Å². The second kappa shape index (κ2) is 4.06. The van der Waals surface area contributed by atoms with Crippen LogP contribution in [0.5, 0.6) is 5.75 Å². The van der Waals surface area contributed by atoms with Crippen LogP contribution < -0.4 is 5.32 Å². The molecule has 2 rings (SSSR count). The smallest absolute Gasteiger partial charge is 0.258 e. The van der Waals surface area contributed by atoms with E-state index in [9.17, 15) is 9.90 Å². The zero-order chi connectivity index (χ0) is 11.5. The Hall–Kier alpha value is -2.30. The lowest BCUT2D eigenvalue weighted by atomic mass is 10.2. The molecule has 0 saturated heterocycles. The van der Waals surface area contributed by atoms with E-state index in [0.29, 0.717) is 11.3 Å². The Morgan fingerprint density at radius 2 is 2.31 bits per heavy atom. The maximum atomic E-state index is 11.7. The van der Waals surface area contributed by atoms with E-state index in [1.54, 1.807) is 36.1 Å². The Morgan fingerprint density at radius 1 is 1.50 bits per heavy atom. The number of carbonyl (C=O) groups excluding carboxylic acids is 1. The molecule has 5 nitrogen and oxygen atoms in total. The van der Waals surface area contributed by atoms with E-state index < -0.39 is 0 Å². The highest BCUT2D eigenvalue weighted by molar-refractivity contribution is 6.03. The predicted octanol–water partition coefficient (Wildman–Crippen LogP) is 1.38. The van der Waals surface area contributed by atoms with E-state index in [0.717, 1.165) is 0 Å². The molecule has 0 aliphatic rings. The third-order valence-electron chi connectivity index (χ3n) is 2.07. The molecule has 0 fully saturated rings. The molecule has 82 valence electrons. The standard InChI is InChI=1S/C11H11N3O2/c1-14-7-8(6-12-14)11(16)13-9-3-2-4-10(15)5-9/h2-7,15H,1H3,(H,13,16). The van der Waals surface area contributed by atoms with Crippen molar-refractivity contribution in [3.05, 3.63) is 42.2 Å². The van der Waals surface area contributed by atoms with E-state index >= 15 is 0 Å². The molecule has 0 unspecified atom stereocenters. The van der Waals surface area contributed by atoms with Gasteiger partial charge in [0.15, 0.2) is 0 Å². The molecule has 1 aromatic heterocycles. The van der Waals surface area contributed by atoms with Crippen molar-refractivity contribution in [2.24, 2.45) is 7.05 Å². The Labute approximate surface area is 92.3 Å². The van der Waals surface area contributed by atoms with Crippen LogP contribution in [0.4, 0.5) is 5.69 Å². The van der Waals surface area contributed by atoms with Crippen LogP contribution in [-0.4, -0.2) is 20.8 Å². The summed E-state index contributed by atoms with van der Waals surface area (Å²) in [5.41, 5.74) is 1.03. The summed E-state index contributed by atoms with van der Waals surface area (Å²) in [6.07, 6.45) is 3.11. The first-order valence-corrected chi connectivity index (χ1v) is 4.74. The monoisotopic (exact) mass is 217 g/mol. The molecule has 2 N–H and O–H groups in total. The van der Waals surface area contributed by atoms with E-state index in [-0.39, 0.29) is 11.7 Å². The van der Waals surface area contributed by atoms with Gasteiger partial charge in [0.25, 0.3) is 5.91 Å². The van der Waals surface area contributed by atoms with E-state index in [4.69, 9.17) is 0 Å². The van der Waals surface area contributed by atoms with Crippen LogP contribution in [0.25, 0.3) is 0 Å². The first-order chi connectivity index (χ1) is 7.65. The van der Waals surface area contributed by atoms with Crippen LogP contribution in [0.15, 0.2) is 36.7 Å². The van der Waals surface area contributed by atoms with Crippen LogP contribution >= 0.6 is 0 Å². The molecule has 0 bridgehead atoms. The van der Waals surface area contributed by atoms with E-state index in [2.05, 4.69) is 10.4 Å². The van der Waals surface area contributed by atoms with Crippen LogP contribution in [0.2, 0.25) is 0 Å². The number of anilines is 1. The van der Waals surface area contributed by atoms with E-state index in [1.165, 1.54) is 12.3 Å². The number of hydrogen-bond donors (Lipinski definition) is 2. The molecule has 0 atom stereocenters. The minimum Gasteiger partial charge on any atom is -0.508 e. The Morgan fingerprint density at radius 3 is 2.94 bits per heavy atom. The minimum absolute atomic E-state index is 0.115. The SMILES string of the molecule is Cn1cc(C(=O)Nc2cccc(O)c2)cn1. The molecule has 0 saturated carbocycles. The minimum atomic E-state index is -0.251. The van der Waals surface area contributed by atoms with Gasteiger partial charge < -0.3 is 10.4 Å². The summed E-state index contributed by atoms with van der Waals surface area (Å²) in [4.78, 5) is 11.7. The summed E-state index contributed by atoms with van der Waals surface area (Å²) in [6, 6.07) is 6.39. The molecular weight excluding hydrogens is 206 g/mol. The van der Waals surface area contributed by atoms with Gasteiger partial charge >= 0.3 is 0 Å². The number of phenols is 1. The van der Waals surface area contributed by atoms with Crippen LogP contribution in [0.1, 0.15) is 10.4 Å². The lowest BCUT2D eigenvalue weighted by molar-refractivity contribution is 0.102. The second-order valence-corrected chi connectivity index (χ2v) is 3.41. The molecule has 0 aliphatic carbocycles. The van der Waals surface area contributed by atoms with Gasteiger partial charge in [-0.1, -0.05) is 6.07 Å². The van der Waals surface area contributed by atoms with Gasteiger partial charge in [-0.3, -0.25) is 9.48 Å². The lowest BCUT2D eigenvalue weighted by Crippen LogP contribution is -2.10. The third-order valence-corrected chi connectivity index (χ3v) is 2.07. The molecule has 1 heterocycles. The van der Waals surface area contributed by atoms with Crippen LogP contribution in [0.3, 0.4) is 0 Å². The fourth-order valence-corrected chi connectivity index (χ4v) is 1.33. The number of nitrogens with zero attached hydrogens (tertiary/aromatic N) is 2. The molecule has 1 aromatic carbocycles. The third kappa shape index (κ3) is 2.20. The van der Waals surface area contributed by atoms with Gasteiger partial charge in [-0.2, -0.15) is 5.10 Å². The number of benzene rings is 1. The summed E-state index contributed by atoms with van der Waals surface area (Å²) in [6.45, 7) is 0. The van der Waals surface area contributed by atoms with Crippen molar-refractivity contribution in [1.29, 1.82) is 0 Å². The largest absolute Gasteiger partial charge is 0.508 e. The normalized spacial score (nSPS) is 10.1. The number of amides is 1. The Kier molecular flexibility index (Phi) is 2.59. The number of aromatic nitrogens is 2. The predicted molar refractivity (Wildman–Crippen MR) is 59.3 cm³/mol. The quantitative estimate of drug-likeness (QED) is 0.798. The van der Waals surface area contributed by atoms with Gasteiger partial charge in [0.05, 0.1) is 11.8 Å². The number of rotatable bonds is 2. The fourth-order valence-electron chi connectivity index (χ4n) is 1.33. The maximum Gasteiger partial charge on any atom is 0.258 e. The van der Waals surface area contributed by atoms with Gasteiger partial charge in [0.2, 0.25) is 0 Å². The van der Waals surface area contributed by atoms with Crippen molar-refractivity contribution in [3.8, 4) is 5.75 Å². The maximum absolute atomic E-state index is 11.7. The molecule has 2 aromatic rings. The van der Waals surface area contributed by atoms with Crippen molar-refractivity contribution in [1.82, 2.24) is 9.78 Å². The van der Waals surface area contributed by atoms with Crippen molar-refractivity contribution >= 4 is 11.6 Å². The molecule has 0 radical (unpaired) electrons. The highest BCUT2D eigenvalue weighted by Gasteiger charge is 2.07. The Bertz CT molecular complexity index is 519. The summed E-state index contributed by atoms with van der Waals surface area (Å²) in [7, 11) is 1.74. The molecule has 16 heavy (non-hydrogen) atoms. The number of nitrogens with one attached hydrogen (secondary N) is 1. The van der Waals surface area contributed by atoms with Crippen molar-refractivity contribution in [2.45, 2.75) is 0 Å². The topological polar surface area (TPSA) is 67.2 Å².